The topological polar surface area (TPSA) is 69.1 Å². The predicted molar refractivity (Wildman–Crippen MR) is 68.7 cm³/mol. The normalized spacial score (nSPS) is 20.6. The van der Waals surface area contributed by atoms with Gasteiger partial charge in [-0.15, -0.1) is 0 Å². The smallest absolute Gasteiger partial charge is 0.223 e. The molecule has 1 aromatic rings. The molecule has 0 radical (unpaired) electrons. The van der Waals surface area contributed by atoms with E-state index in [1.165, 1.54) is 0 Å². The molecule has 18 heavy (non-hydrogen) atoms. The molecule has 1 aliphatic rings. The Morgan fingerprint density at radius 1 is 1.50 bits per heavy atom. The first-order valence-electron chi connectivity index (χ1n) is 6.07. The Balaban J connectivity index is 2.05. The lowest BCUT2D eigenvalue weighted by Gasteiger charge is -2.25. The number of benzene rings is 1. The highest BCUT2D eigenvalue weighted by Crippen LogP contribution is 2.28. The lowest BCUT2D eigenvalue weighted by atomic mass is 10.1. The van der Waals surface area contributed by atoms with E-state index < -0.39 is 0 Å². The lowest BCUT2D eigenvalue weighted by molar-refractivity contribution is -0.129. The first-order valence-corrected chi connectivity index (χ1v) is 6.07. The second-order valence-electron chi connectivity index (χ2n) is 4.62. The molecule has 0 N–H and O–H groups in total. The zero-order valence-corrected chi connectivity index (χ0v) is 10.4. The van der Waals surface area contributed by atoms with Gasteiger partial charge in [0.25, 0.3) is 0 Å². The summed E-state index contributed by atoms with van der Waals surface area (Å²) < 4.78 is 0. The van der Waals surface area contributed by atoms with Crippen LogP contribution < -0.4 is 0 Å². The molecule has 5 heteroatoms. The van der Waals surface area contributed by atoms with Crippen molar-refractivity contribution in [1.82, 2.24) is 4.90 Å². The van der Waals surface area contributed by atoms with Crippen LogP contribution in [0.2, 0.25) is 0 Å². The average Bonchev–Trinajstić information content (AvgIpc) is 2.78. The molecular formula is C13H16N4O. The first-order chi connectivity index (χ1) is 8.72. The summed E-state index contributed by atoms with van der Waals surface area (Å²) in [6, 6.07) is 10.0. The highest BCUT2D eigenvalue weighted by atomic mass is 16.2. The van der Waals surface area contributed by atoms with Gasteiger partial charge in [-0.3, -0.25) is 4.79 Å². The van der Waals surface area contributed by atoms with Crippen LogP contribution in [0.15, 0.2) is 35.4 Å². The molecule has 0 aliphatic carbocycles. The quantitative estimate of drug-likeness (QED) is 0.456. The molecule has 94 valence electrons. The van der Waals surface area contributed by atoms with Gasteiger partial charge in [-0.05, 0) is 23.9 Å². The van der Waals surface area contributed by atoms with Gasteiger partial charge in [-0.25, -0.2) is 0 Å². The van der Waals surface area contributed by atoms with E-state index in [1.54, 1.807) is 0 Å². The summed E-state index contributed by atoms with van der Waals surface area (Å²) in [5.74, 6) is 0.295. The maximum atomic E-state index is 12.0. The molecular weight excluding hydrogens is 228 g/mol. The van der Waals surface area contributed by atoms with E-state index in [0.29, 0.717) is 19.5 Å². The van der Waals surface area contributed by atoms with Crippen molar-refractivity contribution in [2.24, 2.45) is 11.0 Å². The predicted octanol–water partition coefficient (Wildman–Crippen LogP) is 2.91. The van der Waals surface area contributed by atoms with Crippen molar-refractivity contribution in [3.8, 4) is 0 Å². The summed E-state index contributed by atoms with van der Waals surface area (Å²) in [7, 11) is 0. The monoisotopic (exact) mass is 244 g/mol. The van der Waals surface area contributed by atoms with Crippen molar-refractivity contribution in [3.05, 3.63) is 46.3 Å². The summed E-state index contributed by atoms with van der Waals surface area (Å²) in [6.07, 6.45) is 0.482. The largest absolute Gasteiger partial charge is 0.336 e. The summed E-state index contributed by atoms with van der Waals surface area (Å²) in [6.45, 7) is 3.11. The molecule has 1 aromatic carbocycles. The Morgan fingerprint density at radius 3 is 2.89 bits per heavy atom. The maximum Gasteiger partial charge on any atom is 0.223 e. The number of amides is 1. The Kier molecular flexibility index (Phi) is 3.85. The molecule has 0 spiro atoms. The summed E-state index contributed by atoms with van der Waals surface area (Å²) in [4.78, 5) is 16.6. The van der Waals surface area contributed by atoms with Crippen molar-refractivity contribution >= 4 is 5.91 Å². The van der Waals surface area contributed by atoms with Crippen LogP contribution in [0.5, 0.6) is 0 Å². The summed E-state index contributed by atoms with van der Waals surface area (Å²) >= 11 is 0. The molecule has 2 unspecified atom stereocenters. The van der Waals surface area contributed by atoms with E-state index in [9.17, 15) is 4.79 Å². The molecule has 1 heterocycles. The standard InChI is InChI=1S/C13H16N4O/c1-10(12-5-3-2-4-6-12)17-9-11(7-13(17)18)8-15-16-14/h2-6,10-11H,7-9H2,1H3. The van der Waals surface area contributed by atoms with Gasteiger partial charge in [0.15, 0.2) is 0 Å². The minimum Gasteiger partial charge on any atom is -0.336 e. The molecule has 5 nitrogen and oxygen atoms in total. The van der Waals surface area contributed by atoms with Crippen molar-refractivity contribution in [3.63, 3.8) is 0 Å². The molecule has 2 rings (SSSR count). The van der Waals surface area contributed by atoms with Crippen molar-refractivity contribution in [2.75, 3.05) is 13.1 Å². The fourth-order valence-corrected chi connectivity index (χ4v) is 2.37. The number of carbonyl (C=O) groups excluding carboxylic acids is 1. The third-order valence-corrected chi connectivity index (χ3v) is 3.39. The second kappa shape index (κ2) is 5.56. The van der Waals surface area contributed by atoms with Crippen molar-refractivity contribution < 1.29 is 4.79 Å². The van der Waals surface area contributed by atoms with E-state index in [2.05, 4.69) is 10.0 Å². The lowest BCUT2D eigenvalue weighted by Crippen LogP contribution is -2.28. The highest BCUT2D eigenvalue weighted by molar-refractivity contribution is 5.79. The maximum absolute atomic E-state index is 12.0. The van der Waals surface area contributed by atoms with E-state index >= 15 is 0 Å². The second-order valence-corrected chi connectivity index (χ2v) is 4.62. The molecule has 1 amide bonds. The molecule has 0 aromatic heterocycles. The van der Waals surface area contributed by atoms with Gasteiger partial charge in [-0.1, -0.05) is 35.4 Å². The van der Waals surface area contributed by atoms with Gasteiger partial charge in [0.05, 0.1) is 6.04 Å². The third-order valence-electron chi connectivity index (χ3n) is 3.39. The van der Waals surface area contributed by atoms with Crippen LogP contribution in [-0.4, -0.2) is 23.9 Å². The first kappa shape index (κ1) is 12.5. The minimum absolute atomic E-state index is 0.0785. The van der Waals surface area contributed by atoms with Crippen LogP contribution in [0.3, 0.4) is 0 Å². The van der Waals surface area contributed by atoms with Gasteiger partial charge < -0.3 is 4.90 Å². The SMILES string of the molecule is CC(c1ccccc1)N1CC(CN=[N+]=[N-])CC1=O. The van der Waals surface area contributed by atoms with Crippen LogP contribution in [-0.2, 0) is 4.79 Å². The number of azide groups is 1. The van der Waals surface area contributed by atoms with E-state index in [0.717, 1.165) is 5.56 Å². The summed E-state index contributed by atoms with van der Waals surface area (Å²) in [5.41, 5.74) is 9.44. The Bertz CT molecular complexity index is 467. The van der Waals surface area contributed by atoms with Crippen molar-refractivity contribution in [2.45, 2.75) is 19.4 Å². The number of likely N-dealkylation sites (tertiary alicyclic amines) is 1. The Morgan fingerprint density at radius 2 is 2.22 bits per heavy atom. The minimum atomic E-state index is 0.0785. The number of hydrogen-bond acceptors (Lipinski definition) is 2. The molecule has 1 fully saturated rings. The number of hydrogen-bond donors (Lipinski definition) is 0. The zero-order chi connectivity index (χ0) is 13.0. The van der Waals surface area contributed by atoms with E-state index in [1.807, 2.05) is 42.2 Å². The van der Waals surface area contributed by atoms with Gasteiger partial charge in [0.1, 0.15) is 0 Å². The van der Waals surface area contributed by atoms with E-state index in [4.69, 9.17) is 5.53 Å². The van der Waals surface area contributed by atoms with Gasteiger partial charge >= 0.3 is 0 Å². The van der Waals surface area contributed by atoms with Crippen LogP contribution in [0.1, 0.15) is 24.9 Å². The van der Waals surface area contributed by atoms with Crippen LogP contribution in [0.25, 0.3) is 10.4 Å². The highest BCUT2D eigenvalue weighted by Gasteiger charge is 2.32. The molecule has 0 saturated carbocycles. The fraction of sp³-hybridized carbons (Fsp3) is 0.462. The fourth-order valence-electron chi connectivity index (χ4n) is 2.37. The summed E-state index contributed by atoms with van der Waals surface area (Å²) in [5, 5.41) is 3.56. The molecule has 1 aliphatic heterocycles. The Hall–Kier alpha value is -2.00. The van der Waals surface area contributed by atoms with E-state index in [-0.39, 0.29) is 17.9 Å². The third kappa shape index (κ3) is 2.63. The van der Waals surface area contributed by atoms with Crippen LogP contribution >= 0.6 is 0 Å². The Labute approximate surface area is 106 Å². The van der Waals surface area contributed by atoms with Crippen LogP contribution in [0.4, 0.5) is 0 Å². The number of nitrogens with zero attached hydrogens (tertiary/aromatic N) is 4. The van der Waals surface area contributed by atoms with Crippen LogP contribution in [0, 0.1) is 5.92 Å². The van der Waals surface area contributed by atoms with Crippen molar-refractivity contribution in [1.29, 1.82) is 0 Å². The van der Waals surface area contributed by atoms with Gasteiger partial charge in [-0.2, -0.15) is 0 Å². The number of rotatable bonds is 4. The zero-order valence-electron chi connectivity index (χ0n) is 10.4. The number of carbonyl (C=O) groups is 1. The average molecular weight is 244 g/mol. The molecule has 1 saturated heterocycles. The van der Waals surface area contributed by atoms with Gasteiger partial charge in [0, 0.05) is 24.4 Å². The molecule has 2 atom stereocenters. The van der Waals surface area contributed by atoms with Gasteiger partial charge in [0.2, 0.25) is 5.91 Å². The molecule has 0 bridgehead atoms.